The van der Waals surface area contributed by atoms with Gasteiger partial charge in [0.15, 0.2) is 0 Å². The summed E-state index contributed by atoms with van der Waals surface area (Å²) in [6, 6.07) is 0.544. The lowest BCUT2D eigenvalue weighted by Gasteiger charge is -2.02. The van der Waals surface area contributed by atoms with E-state index in [2.05, 4.69) is 32.5 Å². The molecule has 0 heterocycles. The first-order chi connectivity index (χ1) is 4.16. The molecule has 0 bridgehead atoms. The normalized spacial score (nSPS) is 48.8. The van der Waals surface area contributed by atoms with E-state index in [9.17, 15) is 0 Å². The molecule has 1 saturated carbocycles. The molecule has 0 aliphatic heterocycles. The Morgan fingerprint density at radius 2 is 2.22 bits per heavy atom. The minimum atomic E-state index is 0.488. The molecule has 0 amide bonds. The van der Waals surface area contributed by atoms with Crippen LogP contribution in [-0.2, 0) is 0 Å². The van der Waals surface area contributed by atoms with Gasteiger partial charge in [0.05, 0.1) is 6.04 Å². The number of hydrogen-bond acceptors (Lipinski definition) is 1. The molecule has 0 radical (unpaired) electrons. The molecule has 9 heavy (non-hydrogen) atoms. The summed E-state index contributed by atoms with van der Waals surface area (Å²) in [5.41, 5.74) is 0.488. The Bertz CT molecular complexity index is 131. The molecule has 0 spiro atoms. The minimum absolute atomic E-state index is 0.488. The molecule has 1 heteroatoms. The van der Waals surface area contributed by atoms with Gasteiger partial charge in [0.1, 0.15) is 0 Å². The lowest BCUT2D eigenvalue weighted by atomic mass is 10.0. The highest BCUT2D eigenvalue weighted by molar-refractivity contribution is 5.28. The Labute approximate surface area is 57.2 Å². The lowest BCUT2D eigenvalue weighted by molar-refractivity contribution is 0.491. The second-order valence-electron chi connectivity index (χ2n) is 3.28. The Morgan fingerprint density at radius 3 is 2.33 bits per heavy atom. The number of aliphatic imine (C=N–C) groups is 1. The Morgan fingerprint density at radius 1 is 1.67 bits per heavy atom. The van der Waals surface area contributed by atoms with Crippen LogP contribution in [0.15, 0.2) is 4.99 Å². The summed E-state index contributed by atoms with van der Waals surface area (Å²) in [5.74, 6) is 0.764. The highest BCUT2D eigenvalue weighted by Crippen LogP contribution is 2.56. The molecule has 52 valence electrons. The SMILES string of the molecule is C=NC1[C@H](C)[C@@]1(C)CC. The molecule has 0 N–H and O–H groups in total. The van der Waals surface area contributed by atoms with Crippen molar-refractivity contribution in [1.29, 1.82) is 0 Å². The molecule has 1 nitrogen and oxygen atoms in total. The van der Waals surface area contributed by atoms with E-state index in [1.807, 2.05) is 0 Å². The van der Waals surface area contributed by atoms with Gasteiger partial charge in [-0.1, -0.05) is 20.8 Å². The fraction of sp³-hybridized carbons (Fsp3) is 0.875. The van der Waals surface area contributed by atoms with Gasteiger partial charge in [-0.15, -0.1) is 0 Å². The molecule has 1 aliphatic rings. The molecule has 1 aliphatic carbocycles. The summed E-state index contributed by atoms with van der Waals surface area (Å²) in [5, 5.41) is 0. The summed E-state index contributed by atoms with van der Waals surface area (Å²) in [7, 11) is 0. The van der Waals surface area contributed by atoms with E-state index in [0.717, 1.165) is 5.92 Å². The standard InChI is InChI=1S/C8H15N/c1-5-8(3)6(2)7(8)9-4/h6-7H,4-5H2,1-3H3/t6-,7?,8+/m0/s1. The quantitative estimate of drug-likeness (QED) is 0.501. The predicted molar refractivity (Wildman–Crippen MR) is 40.9 cm³/mol. The van der Waals surface area contributed by atoms with Crippen LogP contribution in [0.4, 0.5) is 0 Å². The van der Waals surface area contributed by atoms with Crippen LogP contribution < -0.4 is 0 Å². The van der Waals surface area contributed by atoms with Crippen LogP contribution >= 0.6 is 0 Å². The zero-order valence-electron chi connectivity index (χ0n) is 6.52. The summed E-state index contributed by atoms with van der Waals surface area (Å²) >= 11 is 0. The van der Waals surface area contributed by atoms with Crippen molar-refractivity contribution in [3.05, 3.63) is 0 Å². The molecule has 1 fully saturated rings. The summed E-state index contributed by atoms with van der Waals surface area (Å²) in [6.07, 6.45) is 1.23. The zero-order chi connectivity index (χ0) is 7.07. The van der Waals surface area contributed by atoms with Crippen molar-refractivity contribution in [2.45, 2.75) is 33.2 Å². The molecule has 0 aromatic carbocycles. The number of rotatable bonds is 2. The zero-order valence-corrected chi connectivity index (χ0v) is 6.52. The van der Waals surface area contributed by atoms with Crippen molar-refractivity contribution in [1.82, 2.24) is 0 Å². The average molecular weight is 125 g/mol. The van der Waals surface area contributed by atoms with Gasteiger partial charge in [-0.3, -0.25) is 4.99 Å². The fourth-order valence-electron chi connectivity index (χ4n) is 1.67. The third kappa shape index (κ3) is 0.707. The van der Waals surface area contributed by atoms with Gasteiger partial charge in [-0.25, -0.2) is 0 Å². The Balaban J connectivity index is 2.57. The second-order valence-corrected chi connectivity index (χ2v) is 3.28. The molecule has 0 aromatic heterocycles. The first-order valence-electron chi connectivity index (χ1n) is 3.62. The Kier molecular flexibility index (Phi) is 1.38. The maximum Gasteiger partial charge on any atom is 0.0580 e. The first kappa shape index (κ1) is 6.79. The van der Waals surface area contributed by atoms with Gasteiger partial charge in [-0.2, -0.15) is 0 Å². The van der Waals surface area contributed by atoms with Crippen molar-refractivity contribution < 1.29 is 0 Å². The highest BCUT2D eigenvalue weighted by atomic mass is 14.9. The van der Waals surface area contributed by atoms with Crippen molar-refractivity contribution in [2.75, 3.05) is 0 Å². The van der Waals surface area contributed by atoms with Crippen molar-refractivity contribution >= 4 is 6.72 Å². The van der Waals surface area contributed by atoms with Crippen molar-refractivity contribution in [2.24, 2.45) is 16.3 Å². The van der Waals surface area contributed by atoms with Crippen molar-refractivity contribution in [3.63, 3.8) is 0 Å². The number of hydrogen-bond donors (Lipinski definition) is 0. The molecule has 1 rings (SSSR count). The fourth-order valence-corrected chi connectivity index (χ4v) is 1.67. The van der Waals surface area contributed by atoms with E-state index in [1.165, 1.54) is 6.42 Å². The van der Waals surface area contributed by atoms with E-state index in [0.29, 0.717) is 11.5 Å². The van der Waals surface area contributed by atoms with E-state index in [1.54, 1.807) is 0 Å². The maximum atomic E-state index is 4.06. The summed E-state index contributed by atoms with van der Waals surface area (Å²) in [4.78, 5) is 4.06. The average Bonchev–Trinajstić information content (AvgIpc) is 2.38. The van der Waals surface area contributed by atoms with Crippen LogP contribution in [0, 0.1) is 11.3 Å². The van der Waals surface area contributed by atoms with E-state index < -0.39 is 0 Å². The van der Waals surface area contributed by atoms with Gasteiger partial charge in [-0.05, 0) is 24.5 Å². The van der Waals surface area contributed by atoms with Crippen LogP contribution in [0.2, 0.25) is 0 Å². The largest absolute Gasteiger partial charge is 0.297 e. The first-order valence-corrected chi connectivity index (χ1v) is 3.62. The smallest absolute Gasteiger partial charge is 0.0580 e. The third-order valence-corrected chi connectivity index (χ3v) is 3.04. The van der Waals surface area contributed by atoms with Gasteiger partial charge in [0, 0.05) is 0 Å². The monoisotopic (exact) mass is 125 g/mol. The topological polar surface area (TPSA) is 12.4 Å². The molecule has 0 aromatic rings. The third-order valence-electron chi connectivity index (χ3n) is 3.04. The second kappa shape index (κ2) is 1.83. The summed E-state index contributed by atoms with van der Waals surface area (Å²) < 4.78 is 0. The van der Waals surface area contributed by atoms with Crippen LogP contribution in [0.25, 0.3) is 0 Å². The lowest BCUT2D eigenvalue weighted by Crippen LogP contribution is -1.96. The maximum absolute atomic E-state index is 4.06. The van der Waals surface area contributed by atoms with Gasteiger partial charge in [0.2, 0.25) is 0 Å². The van der Waals surface area contributed by atoms with Gasteiger partial charge < -0.3 is 0 Å². The van der Waals surface area contributed by atoms with Crippen LogP contribution in [-0.4, -0.2) is 12.8 Å². The van der Waals surface area contributed by atoms with E-state index in [4.69, 9.17) is 0 Å². The van der Waals surface area contributed by atoms with Crippen LogP contribution in [0.1, 0.15) is 27.2 Å². The van der Waals surface area contributed by atoms with Crippen molar-refractivity contribution in [3.8, 4) is 0 Å². The number of nitrogens with zero attached hydrogens (tertiary/aromatic N) is 1. The summed E-state index contributed by atoms with van der Waals surface area (Å²) in [6.45, 7) is 10.3. The molecule has 3 atom stereocenters. The molecular weight excluding hydrogens is 110 g/mol. The van der Waals surface area contributed by atoms with E-state index >= 15 is 0 Å². The Hall–Kier alpha value is -0.330. The van der Waals surface area contributed by atoms with Crippen LogP contribution in [0.5, 0.6) is 0 Å². The van der Waals surface area contributed by atoms with Gasteiger partial charge >= 0.3 is 0 Å². The minimum Gasteiger partial charge on any atom is -0.297 e. The van der Waals surface area contributed by atoms with Crippen LogP contribution in [0.3, 0.4) is 0 Å². The predicted octanol–water partition coefficient (Wildman–Crippen LogP) is 2.12. The molecule has 1 unspecified atom stereocenters. The van der Waals surface area contributed by atoms with E-state index in [-0.39, 0.29) is 0 Å². The molecule has 0 saturated heterocycles. The molecular formula is C8H15N. The highest BCUT2D eigenvalue weighted by Gasteiger charge is 2.56. The van der Waals surface area contributed by atoms with Gasteiger partial charge in [0.25, 0.3) is 0 Å².